The van der Waals surface area contributed by atoms with Crippen molar-refractivity contribution in [1.82, 2.24) is 4.57 Å². The average Bonchev–Trinajstić information content (AvgIpc) is 2.73. The number of carbonyl (C=O) groups is 1. The van der Waals surface area contributed by atoms with Crippen molar-refractivity contribution in [1.29, 1.82) is 0 Å². The molecular weight excluding hydrogens is 384 g/mol. The highest BCUT2D eigenvalue weighted by Crippen LogP contribution is 2.19. The fourth-order valence-corrected chi connectivity index (χ4v) is 3.50. The lowest BCUT2D eigenvalue weighted by Gasteiger charge is -2.12. The zero-order valence-corrected chi connectivity index (χ0v) is 16.4. The Labute approximate surface area is 173 Å². The van der Waals surface area contributed by atoms with Crippen LogP contribution in [0.1, 0.15) is 11.1 Å². The van der Waals surface area contributed by atoms with E-state index >= 15 is 0 Å². The van der Waals surface area contributed by atoms with Crippen molar-refractivity contribution >= 4 is 34.0 Å². The van der Waals surface area contributed by atoms with Gasteiger partial charge in [-0.1, -0.05) is 66.2 Å². The Morgan fingerprint density at radius 1 is 0.931 bits per heavy atom. The minimum absolute atomic E-state index is 0.0685. The number of aromatic nitrogens is 1. The molecule has 4 nitrogen and oxygen atoms in total. The van der Waals surface area contributed by atoms with Crippen molar-refractivity contribution < 1.29 is 4.79 Å². The summed E-state index contributed by atoms with van der Waals surface area (Å²) in [6.45, 7) is -0.0685. The normalized spacial score (nSPS) is 10.8. The van der Waals surface area contributed by atoms with Gasteiger partial charge in [0.2, 0.25) is 5.91 Å². The highest BCUT2D eigenvalue weighted by molar-refractivity contribution is 6.31. The smallest absolute Gasteiger partial charge is 0.258 e. The maximum atomic E-state index is 12.7. The van der Waals surface area contributed by atoms with E-state index in [9.17, 15) is 9.59 Å². The number of rotatable bonds is 5. The minimum Gasteiger partial charge on any atom is -0.324 e. The second-order valence-corrected chi connectivity index (χ2v) is 7.28. The summed E-state index contributed by atoms with van der Waals surface area (Å²) in [6, 6.07) is 24.7. The predicted octanol–water partition coefficient (Wildman–Crippen LogP) is 4.88. The molecule has 4 aromatic rings. The van der Waals surface area contributed by atoms with Crippen LogP contribution in [-0.4, -0.2) is 10.5 Å². The van der Waals surface area contributed by atoms with Gasteiger partial charge in [0.05, 0.1) is 0 Å². The van der Waals surface area contributed by atoms with E-state index in [0.717, 1.165) is 22.2 Å². The highest BCUT2D eigenvalue weighted by Gasteiger charge is 2.10. The van der Waals surface area contributed by atoms with Crippen molar-refractivity contribution in [2.75, 3.05) is 5.32 Å². The van der Waals surface area contributed by atoms with Gasteiger partial charge in [0, 0.05) is 22.3 Å². The zero-order chi connectivity index (χ0) is 20.2. The molecule has 0 aliphatic rings. The molecule has 0 aliphatic heterocycles. The molecule has 4 rings (SSSR count). The highest BCUT2D eigenvalue weighted by atomic mass is 35.5. The number of pyridine rings is 1. The molecule has 5 heteroatoms. The average molecular weight is 403 g/mol. The van der Waals surface area contributed by atoms with Gasteiger partial charge in [-0.25, -0.2) is 0 Å². The molecule has 144 valence electrons. The number of nitrogens with one attached hydrogen (secondary N) is 1. The summed E-state index contributed by atoms with van der Waals surface area (Å²) in [5.41, 5.74) is 2.69. The molecule has 0 bridgehead atoms. The summed E-state index contributed by atoms with van der Waals surface area (Å²) in [5, 5.41) is 4.73. The molecule has 3 aromatic carbocycles. The number of benzene rings is 3. The number of hydrogen-bond donors (Lipinski definition) is 1. The first-order valence-corrected chi connectivity index (χ1v) is 9.68. The van der Waals surface area contributed by atoms with E-state index in [1.807, 2.05) is 48.5 Å². The van der Waals surface area contributed by atoms with Crippen LogP contribution in [-0.2, 0) is 17.8 Å². The largest absolute Gasteiger partial charge is 0.324 e. The molecule has 1 aromatic heterocycles. The molecule has 29 heavy (non-hydrogen) atoms. The van der Waals surface area contributed by atoms with Gasteiger partial charge in [-0.2, -0.15) is 0 Å². The van der Waals surface area contributed by atoms with Crippen molar-refractivity contribution in [3.8, 4) is 0 Å². The van der Waals surface area contributed by atoms with Crippen LogP contribution in [0, 0.1) is 0 Å². The third-order valence-corrected chi connectivity index (χ3v) is 5.02. The summed E-state index contributed by atoms with van der Waals surface area (Å²) < 4.78 is 1.40. The number of amides is 1. The van der Waals surface area contributed by atoms with Gasteiger partial charge >= 0.3 is 0 Å². The van der Waals surface area contributed by atoms with E-state index in [1.54, 1.807) is 24.4 Å². The van der Waals surface area contributed by atoms with Gasteiger partial charge in [0.25, 0.3) is 5.56 Å². The van der Waals surface area contributed by atoms with Gasteiger partial charge in [0.15, 0.2) is 0 Å². The molecule has 0 unspecified atom stereocenters. The monoisotopic (exact) mass is 402 g/mol. The van der Waals surface area contributed by atoms with E-state index in [1.165, 1.54) is 4.57 Å². The van der Waals surface area contributed by atoms with E-state index in [0.29, 0.717) is 16.8 Å². The van der Waals surface area contributed by atoms with Crippen LogP contribution in [0.15, 0.2) is 89.9 Å². The van der Waals surface area contributed by atoms with Crippen LogP contribution in [0.3, 0.4) is 0 Å². The zero-order valence-electron chi connectivity index (χ0n) is 15.6. The number of fused-ring (bicyclic) bond motifs is 1. The molecule has 1 heterocycles. The lowest BCUT2D eigenvalue weighted by molar-refractivity contribution is -0.116. The van der Waals surface area contributed by atoms with Gasteiger partial charge < -0.3 is 9.88 Å². The first-order valence-electron chi connectivity index (χ1n) is 9.30. The lowest BCUT2D eigenvalue weighted by atomic mass is 10.0. The molecule has 0 saturated carbocycles. The van der Waals surface area contributed by atoms with Crippen molar-refractivity contribution in [2.45, 2.75) is 13.0 Å². The van der Waals surface area contributed by atoms with Crippen LogP contribution < -0.4 is 10.9 Å². The standard InChI is InChI=1S/C24H19ClN2O2/c25-20-11-10-18-12-13-27(24(29)21(18)15-20)16-23(28)26-22-9-5-4-8-19(22)14-17-6-2-1-3-7-17/h1-13,15H,14,16H2,(H,26,28). The Kier molecular flexibility index (Phi) is 5.45. The maximum absolute atomic E-state index is 12.7. The summed E-state index contributed by atoms with van der Waals surface area (Å²) in [7, 11) is 0. The minimum atomic E-state index is -0.256. The number of hydrogen-bond acceptors (Lipinski definition) is 2. The first kappa shape index (κ1) is 19.0. The molecule has 0 aliphatic carbocycles. The SMILES string of the molecule is O=C(Cn1ccc2ccc(Cl)cc2c1=O)Nc1ccccc1Cc1ccccc1. The van der Waals surface area contributed by atoms with Gasteiger partial charge in [-0.05, 0) is 47.2 Å². The molecule has 0 saturated heterocycles. The first-order chi connectivity index (χ1) is 14.1. The molecule has 0 atom stereocenters. The van der Waals surface area contributed by atoms with Crippen molar-refractivity contribution in [2.24, 2.45) is 0 Å². The third kappa shape index (κ3) is 4.39. The Balaban J connectivity index is 1.54. The Morgan fingerprint density at radius 2 is 1.69 bits per heavy atom. The molecule has 0 fully saturated rings. The summed E-state index contributed by atoms with van der Waals surface area (Å²) in [4.78, 5) is 25.3. The predicted molar refractivity (Wildman–Crippen MR) is 118 cm³/mol. The van der Waals surface area contributed by atoms with E-state index in [-0.39, 0.29) is 18.0 Å². The molecule has 1 amide bonds. The quantitative estimate of drug-likeness (QED) is 0.517. The topological polar surface area (TPSA) is 51.1 Å². The van der Waals surface area contributed by atoms with Gasteiger partial charge in [-0.15, -0.1) is 0 Å². The summed E-state index contributed by atoms with van der Waals surface area (Å²) >= 11 is 6.01. The van der Waals surface area contributed by atoms with E-state index in [2.05, 4.69) is 17.4 Å². The van der Waals surface area contributed by atoms with Crippen LogP contribution in [0.2, 0.25) is 5.02 Å². The maximum Gasteiger partial charge on any atom is 0.258 e. The number of anilines is 1. The van der Waals surface area contributed by atoms with Gasteiger partial charge in [0.1, 0.15) is 6.54 Å². The fraction of sp³-hybridized carbons (Fsp3) is 0.0833. The van der Waals surface area contributed by atoms with E-state index < -0.39 is 0 Å². The Hall–Kier alpha value is -3.37. The molecule has 0 spiro atoms. The lowest BCUT2D eigenvalue weighted by Crippen LogP contribution is -2.27. The second-order valence-electron chi connectivity index (χ2n) is 6.85. The Bertz CT molecular complexity index is 1230. The van der Waals surface area contributed by atoms with Crippen molar-refractivity contribution in [3.63, 3.8) is 0 Å². The number of halogens is 1. The number of carbonyl (C=O) groups excluding carboxylic acids is 1. The van der Waals surface area contributed by atoms with E-state index in [4.69, 9.17) is 11.6 Å². The number of nitrogens with zero attached hydrogens (tertiary/aromatic N) is 1. The molecule has 0 radical (unpaired) electrons. The fourth-order valence-electron chi connectivity index (χ4n) is 3.33. The van der Waals surface area contributed by atoms with Crippen molar-refractivity contribution in [3.05, 3.63) is 112 Å². The van der Waals surface area contributed by atoms with Gasteiger partial charge in [-0.3, -0.25) is 9.59 Å². The van der Waals surface area contributed by atoms with Crippen LogP contribution in [0.25, 0.3) is 10.8 Å². The number of para-hydroxylation sites is 1. The third-order valence-electron chi connectivity index (χ3n) is 4.78. The summed E-state index contributed by atoms with van der Waals surface area (Å²) in [5.74, 6) is -0.256. The summed E-state index contributed by atoms with van der Waals surface area (Å²) in [6.07, 6.45) is 2.35. The Morgan fingerprint density at radius 3 is 2.52 bits per heavy atom. The molecular formula is C24H19ClN2O2. The van der Waals surface area contributed by atoms with Crippen LogP contribution in [0.4, 0.5) is 5.69 Å². The molecule has 1 N–H and O–H groups in total. The van der Waals surface area contributed by atoms with Crippen LogP contribution >= 0.6 is 11.6 Å². The second kappa shape index (κ2) is 8.33. The van der Waals surface area contributed by atoms with Crippen LogP contribution in [0.5, 0.6) is 0 Å².